The molecule has 0 bridgehead atoms. The first kappa shape index (κ1) is 13.7. The molecule has 0 aliphatic heterocycles. The summed E-state index contributed by atoms with van der Waals surface area (Å²) < 4.78 is 15.3. The summed E-state index contributed by atoms with van der Waals surface area (Å²) >= 11 is 3.41. The van der Waals surface area contributed by atoms with Gasteiger partial charge in [0.2, 0.25) is 5.91 Å². The molecule has 1 aromatic heterocycles. The minimum Gasteiger partial charge on any atom is -0.324 e. The third-order valence-corrected chi connectivity index (χ3v) is 3.86. The topological polar surface area (TPSA) is 46.9 Å². The lowest BCUT2D eigenvalue weighted by Gasteiger charge is -2.06. The molecule has 0 atom stereocenters. The number of benzene rings is 1. The Morgan fingerprint density at radius 3 is 2.53 bits per heavy atom. The van der Waals surface area contributed by atoms with Crippen LogP contribution in [-0.2, 0) is 11.3 Å². The zero-order valence-electron chi connectivity index (χ0n) is 10.6. The average molecular weight is 326 g/mol. The predicted octanol–water partition coefficient (Wildman–Crippen LogP) is 3.04. The van der Waals surface area contributed by atoms with Gasteiger partial charge in [-0.3, -0.25) is 9.48 Å². The Morgan fingerprint density at radius 1 is 1.37 bits per heavy atom. The van der Waals surface area contributed by atoms with E-state index in [4.69, 9.17) is 0 Å². The van der Waals surface area contributed by atoms with E-state index in [0.29, 0.717) is 5.69 Å². The molecule has 0 aliphatic rings. The molecule has 1 heterocycles. The van der Waals surface area contributed by atoms with E-state index < -0.39 is 0 Å². The van der Waals surface area contributed by atoms with E-state index in [-0.39, 0.29) is 18.3 Å². The molecule has 1 aromatic carbocycles. The van der Waals surface area contributed by atoms with Crippen LogP contribution in [0.1, 0.15) is 11.4 Å². The number of rotatable bonds is 3. The van der Waals surface area contributed by atoms with Gasteiger partial charge in [0.15, 0.2) is 0 Å². The first-order valence-corrected chi connectivity index (χ1v) is 6.51. The first-order chi connectivity index (χ1) is 8.97. The van der Waals surface area contributed by atoms with E-state index in [2.05, 4.69) is 26.3 Å². The molecule has 0 saturated carbocycles. The van der Waals surface area contributed by atoms with E-state index in [1.807, 2.05) is 13.8 Å². The van der Waals surface area contributed by atoms with Crippen LogP contribution >= 0.6 is 15.9 Å². The number of halogens is 2. The Bertz CT molecular complexity index is 607. The minimum absolute atomic E-state index is 0.121. The molecular weight excluding hydrogens is 313 g/mol. The molecule has 2 rings (SSSR count). The van der Waals surface area contributed by atoms with Gasteiger partial charge >= 0.3 is 0 Å². The van der Waals surface area contributed by atoms with E-state index in [1.165, 1.54) is 24.3 Å². The quantitative estimate of drug-likeness (QED) is 0.942. The van der Waals surface area contributed by atoms with Crippen molar-refractivity contribution in [1.29, 1.82) is 0 Å². The molecule has 0 radical (unpaired) electrons. The van der Waals surface area contributed by atoms with Crippen molar-refractivity contribution in [3.05, 3.63) is 45.9 Å². The van der Waals surface area contributed by atoms with E-state index in [1.54, 1.807) is 4.68 Å². The highest BCUT2D eigenvalue weighted by molar-refractivity contribution is 9.10. The summed E-state index contributed by atoms with van der Waals surface area (Å²) in [6.45, 7) is 3.87. The van der Waals surface area contributed by atoms with Gasteiger partial charge < -0.3 is 5.32 Å². The monoisotopic (exact) mass is 325 g/mol. The van der Waals surface area contributed by atoms with Crippen LogP contribution in [0.15, 0.2) is 28.7 Å². The summed E-state index contributed by atoms with van der Waals surface area (Å²) in [6, 6.07) is 5.64. The van der Waals surface area contributed by atoms with Crippen molar-refractivity contribution in [2.75, 3.05) is 5.32 Å². The molecule has 6 heteroatoms. The maximum Gasteiger partial charge on any atom is 0.246 e. The van der Waals surface area contributed by atoms with Gasteiger partial charge in [0.1, 0.15) is 12.4 Å². The Balaban J connectivity index is 2.05. The summed E-state index contributed by atoms with van der Waals surface area (Å²) in [5, 5.41) is 6.95. The van der Waals surface area contributed by atoms with Gasteiger partial charge in [0, 0.05) is 5.69 Å². The second kappa shape index (κ2) is 5.52. The molecule has 1 N–H and O–H groups in total. The molecule has 0 spiro atoms. The summed E-state index contributed by atoms with van der Waals surface area (Å²) in [4.78, 5) is 11.9. The van der Waals surface area contributed by atoms with Gasteiger partial charge in [-0.1, -0.05) is 0 Å². The van der Waals surface area contributed by atoms with Crippen LogP contribution in [-0.4, -0.2) is 15.7 Å². The molecule has 4 nitrogen and oxygen atoms in total. The smallest absolute Gasteiger partial charge is 0.246 e. The SMILES string of the molecule is Cc1nn(CC(=O)Nc2ccc(F)cc2)c(C)c1Br. The lowest BCUT2D eigenvalue weighted by atomic mass is 10.3. The Labute approximate surface area is 118 Å². The van der Waals surface area contributed by atoms with Crippen LogP contribution in [0.5, 0.6) is 0 Å². The third-order valence-electron chi connectivity index (χ3n) is 2.71. The summed E-state index contributed by atoms with van der Waals surface area (Å²) in [5.41, 5.74) is 2.30. The lowest BCUT2D eigenvalue weighted by molar-refractivity contribution is -0.116. The number of amides is 1. The first-order valence-electron chi connectivity index (χ1n) is 5.72. The number of nitrogens with one attached hydrogen (secondary N) is 1. The maximum absolute atomic E-state index is 12.7. The molecule has 19 heavy (non-hydrogen) atoms. The van der Waals surface area contributed by atoms with E-state index >= 15 is 0 Å². The number of aromatic nitrogens is 2. The lowest BCUT2D eigenvalue weighted by Crippen LogP contribution is -2.20. The average Bonchev–Trinajstić information content (AvgIpc) is 2.60. The van der Waals surface area contributed by atoms with Crippen molar-refractivity contribution in [3.63, 3.8) is 0 Å². The highest BCUT2D eigenvalue weighted by Gasteiger charge is 2.11. The second-order valence-electron chi connectivity index (χ2n) is 4.20. The molecule has 100 valence electrons. The fourth-order valence-corrected chi connectivity index (χ4v) is 1.98. The summed E-state index contributed by atoms with van der Waals surface area (Å²) in [5.74, 6) is -0.537. The maximum atomic E-state index is 12.7. The van der Waals surface area contributed by atoms with E-state index in [0.717, 1.165) is 15.9 Å². The van der Waals surface area contributed by atoms with E-state index in [9.17, 15) is 9.18 Å². The number of anilines is 1. The van der Waals surface area contributed by atoms with Crippen LogP contribution < -0.4 is 5.32 Å². The third kappa shape index (κ3) is 3.20. The zero-order valence-corrected chi connectivity index (χ0v) is 12.2. The molecule has 0 fully saturated rings. The van der Waals surface area contributed by atoms with Gasteiger partial charge in [-0.15, -0.1) is 0 Å². The fourth-order valence-electron chi connectivity index (χ4n) is 1.70. The van der Waals surface area contributed by atoms with Crippen LogP contribution in [0.2, 0.25) is 0 Å². The zero-order chi connectivity index (χ0) is 14.0. The van der Waals surface area contributed by atoms with Gasteiger partial charge in [0.25, 0.3) is 0 Å². The number of hydrogen-bond donors (Lipinski definition) is 1. The summed E-state index contributed by atoms with van der Waals surface area (Å²) in [7, 11) is 0. The number of hydrogen-bond acceptors (Lipinski definition) is 2. The highest BCUT2D eigenvalue weighted by Crippen LogP contribution is 2.19. The predicted molar refractivity (Wildman–Crippen MR) is 74.4 cm³/mol. The number of carbonyl (C=O) groups is 1. The van der Waals surface area contributed by atoms with Gasteiger partial charge in [-0.2, -0.15) is 5.10 Å². The van der Waals surface area contributed by atoms with Crippen LogP contribution in [0.3, 0.4) is 0 Å². The molecule has 0 saturated heterocycles. The number of carbonyl (C=O) groups excluding carboxylic acids is 1. The standard InChI is InChI=1S/C13H13BrFN3O/c1-8-13(14)9(2)18(17-8)7-12(19)16-11-5-3-10(15)4-6-11/h3-6H,7H2,1-2H3,(H,16,19). The second-order valence-corrected chi connectivity index (χ2v) is 4.99. The fraction of sp³-hybridized carbons (Fsp3) is 0.231. The normalized spacial score (nSPS) is 10.5. The van der Waals surface area contributed by atoms with Gasteiger partial charge in [-0.05, 0) is 54.0 Å². The molecule has 2 aromatic rings. The highest BCUT2D eigenvalue weighted by atomic mass is 79.9. The van der Waals surface area contributed by atoms with Crippen LogP contribution in [0.4, 0.5) is 10.1 Å². The number of nitrogens with zero attached hydrogens (tertiary/aromatic N) is 2. The van der Waals surface area contributed by atoms with Crippen molar-refractivity contribution in [1.82, 2.24) is 9.78 Å². The van der Waals surface area contributed by atoms with Crippen molar-refractivity contribution in [3.8, 4) is 0 Å². The Morgan fingerprint density at radius 2 is 2.00 bits per heavy atom. The Kier molecular flexibility index (Phi) is 3.99. The molecule has 0 aliphatic carbocycles. The molecule has 0 unspecified atom stereocenters. The minimum atomic E-state index is -0.333. The molecule has 1 amide bonds. The van der Waals surface area contributed by atoms with Gasteiger partial charge in [-0.25, -0.2) is 4.39 Å². The van der Waals surface area contributed by atoms with Crippen LogP contribution in [0, 0.1) is 19.7 Å². The van der Waals surface area contributed by atoms with Crippen molar-refractivity contribution >= 4 is 27.5 Å². The summed E-state index contributed by atoms with van der Waals surface area (Å²) in [6.07, 6.45) is 0. The largest absolute Gasteiger partial charge is 0.324 e. The molecular formula is C13H13BrFN3O. The van der Waals surface area contributed by atoms with Crippen molar-refractivity contribution in [2.24, 2.45) is 0 Å². The Hall–Kier alpha value is -1.69. The van der Waals surface area contributed by atoms with Crippen molar-refractivity contribution < 1.29 is 9.18 Å². The van der Waals surface area contributed by atoms with Gasteiger partial charge in [0.05, 0.1) is 15.9 Å². The van der Waals surface area contributed by atoms with Crippen molar-refractivity contribution in [2.45, 2.75) is 20.4 Å². The van der Waals surface area contributed by atoms with Crippen LogP contribution in [0.25, 0.3) is 0 Å². The number of aryl methyl sites for hydroxylation is 1.